The van der Waals surface area contributed by atoms with Crippen LogP contribution >= 0.6 is 0 Å². The largest absolute Gasteiger partial charge is 0.322 e. The van der Waals surface area contributed by atoms with E-state index in [0.29, 0.717) is 16.8 Å². The van der Waals surface area contributed by atoms with Crippen molar-refractivity contribution in [3.63, 3.8) is 0 Å². The quantitative estimate of drug-likeness (QED) is 0.882. The van der Waals surface area contributed by atoms with Crippen LogP contribution < -0.4 is 5.32 Å². The van der Waals surface area contributed by atoms with E-state index < -0.39 is 0 Å². The van der Waals surface area contributed by atoms with Crippen LogP contribution in [0.5, 0.6) is 0 Å². The van der Waals surface area contributed by atoms with Gasteiger partial charge in [-0.25, -0.2) is 4.39 Å². The Hall–Kier alpha value is -2.23. The number of halogens is 1. The SMILES string of the molecule is Cc1cc(NC(=O)c2ccc(F)cc2C)ccn1. The second-order valence-electron chi connectivity index (χ2n) is 4.10. The zero-order valence-electron chi connectivity index (χ0n) is 10.2. The fraction of sp³-hybridized carbons (Fsp3) is 0.143. The van der Waals surface area contributed by atoms with Crippen molar-refractivity contribution < 1.29 is 9.18 Å². The number of rotatable bonds is 2. The number of amides is 1. The number of nitrogens with zero attached hydrogens (tertiary/aromatic N) is 1. The Bertz CT molecular complexity index is 596. The first-order valence-corrected chi connectivity index (χ1v) is 5.56. The Labute approximate surface area is 105 Å². The summed E-state index contributed by atoms with van der Waals surface area (Å²) >= 11 is 0. The lowest BCUT2D eigenvalue weighted by Crippen LogP contribution is -2.13. The Kier molecular flexibility index (Phi) is 3.37. The van der Waals surface area contributed by atoms with Crippen LogP contribution in [0.3, 0.4) is 0 Å². The topological polar surface area (TPSA) is 42.0 Å². The number of hydrogen-bond acceptors (Lipinski definition) is 2. The van der Waals surface area contributed by atoms with Crippen molar-refractivity contribution in [3.05, 3.63) is 59.2 Å². The monoisotopic (exact) mass is 244 g/mol. The molecule has 0 saturated carbocycles. The fourth-order valence-electron chi connectivity index (χ4n) is 1.70. The van der Waals surface area contributed by atoms with Crippen LogP contribution in [0.25, 0.3) is 0 Å². The van der Waals surface area contributed by atoms with Gasteiger partial charge in [0.05, 0.1) is 0 Å². The molecule has 1 aromatic carbocycles. The van der Waals surface area contributed by atoms with Crippen molar-refractivity contribution in [3.8, 4) is 0 Å². The molecule has 0 radical (unpaired) electrons. The maximum absolute atomic E-state index is 13.0. The van der Waals surface area contributed by atoms with Gasteiger partial charge >= 0.3 is 0 Å². The third-order valence-electron chi connectivity index (χ3n) is 2.59. The minimum Gasteiger partial charge on any atom is -0.322 e. The summed E-state index contributed by atoms with van der Waals surface area (Å²) in [5.74, 6) is -0.595. The van der Waals surface area contributed by atoms with Gasteiger partial charge in [0.25, 0.3) is 5.91 Å². The Balaban J connectivity index is 2.22. The van der Waals surface area contributed by atoms with E-state index in [1.165, 1.54) is 18.2 Å². The molecule has 2 rings (SSSR count). The molecule has 0 spiro atoms. The summed E-state index contributed by atoms with van der Waals surface area (Å²) in [4.78, 5) is 16.1. The first-order valence-electron chi connectivity index (χ1n) is 5.56. The molecule has 1 aromatic heterocycles. The summed E-state index contributed by atoms with van der Waals surface area (Å²) in [6, 6.07) is 7.58. The van der Waals surface area contributed by atoms with Crippen LogP contribution in [0, 0.1) is 19.7 Å². The summed E-state index contributed by atoms with van der Waals surface area (Å²) < 4.78 is 13.0. The standard InChI is InChI=1S/C14H13FN2O/c1-9-7-11(15)3-4-13(9)14(18)17-12-5-6-16-10(2)8-12/h3-8H,1-2H3,(H,16,17,18). The highest BCUT2D eigenvalue weighted by Gasteiger charge is 2.09. The molecule has 0 aliphatic carbocycles. The molecule has 0 unspecified atom stereocenters. The van der Waals surface area contributed by atoms with E-state index in [-0.39, 0.29) is 11.7 Å². The lowest BCUT2D eigenvalue weighted by molar-refractivity contribution is 0.102. The number of benzene rings is 1. The first kappa shape index (κ1) is 12.2. The molecular formula is C14H13FN2O. The average molecular weight is 244 g/mol. The number of carbonyl (C=O) groups is 1. The summed E-state index contributed by atoms with van der Waals surface area (Å²) in [5.41, 5.74) is 2.57. The van der Waals surface area contributed by atoms with Gasteiger partial charge in [0.15, 0.2) is 0 Å². The van der Waals surface area contributed by atoms with Gasteiger partial charge in [-0.15, -0.1) is 0 Å². The van der Waals surface area contributed by atoms with Gasteiger partial charge in [0.2, 0.25) is 0 Å². The first-order chi connectivity index (χ1) is 8.56. The molecule has 0 saturated heterocycles. The minimum absolute atomic E-state index is 0.252. The molecule has 0 atom stereocenters. The molecule has 18 heavy (non-hydrogen) atoms. The van der Waals surface area contributed by atoms with Gasteiger partial charge in [-0.05, 0) is 49.7 Å². The number of aromatic nitrogens is 1. The van der Waals surface area contributed by atoms with Crippen LogP contribution in [-0.2, 0) is 0 Å². The minimum atomic E-state index is -0.344. The molecule has 2 aromatic rings. The van der Waals surface area contributed by atoms with E-state index in [9.17, 15) is 9.18 Å². The predicted molar refractivity (Wildman–Crippen MR) is 68.1 cm³/mol. The van der Waals surface area contributed by atoms with Gasteiger partial charge < -0.3 is 5.32 Å². The molecule has 1 N–H and O–H groups in total. The Morgan fingerprint density at radius 1 is 1.22 bits per heavy atom. The molecule has 0 bridgehead atoms. The van der Waals surface area contributed by atoms with Gasteiger partial charge in [-0.1, -0.05) is 0 Å². The summed E-state index contributed by atoms with van der Waals surface area (Å²) in [6.07, 6.45) is 1.63. The fourth-order valence-corrected chi connectivity index (χ4v) is 1.70. The van der Waals surface area contributed by atoms with Gasteiger partial charge in [0.1, 0.15) is 5.82 Å². The van der Waals surface area contributed by atoms with Crippen LogP contribution in [0.15, 0.2) is 36.5 Å². The molecule has 3 nitrogen and oxygen atoms in total. The number of pyridine rings is 1. The molecule has 1 heterocycles. The van der Waals surface area contributed by atoms with Crippen molar-refractivity contribution in [1.82, 2.24) is 4.98 Å². The van der Waals surface area contributed by atoms with Crippen LogP contribution in [-0.4, -0.2) is 10.9 Å². The maximum Gasteiger partial charge on any atom is 0.255 e. The molecule has 4 heteroatoms. The van der Waals surface area contributed by atoms with Gasteiger partial charge in [0, 0.05) is 23.1 Å². The lowest BCUT2D eigenvalue weighted by Gasteiger charge is -2.08. The summed E-state index contributed by atoms with van der Waals surface area (Å²) in [6.45, 7) is 3.55. The number of hydrogen-bond donors (Lipinski definition) is 1. The number of aryl methyl sites for hydroxylation is 2. The van der Waals surface area contributed by atoms with E-state index in [1.807, 2.05) is 6.92 Å². The van der Waals surface area contributed by atoms with Gasteiger partial charge in [-0.3, -0.25) is 9.78 Å². The van der Waals surface area contributed by atoms with Crippen molar-refractivity contribution in [2.75, 3.05) is 5.32 Å². The number of carbonyl (C=O) groups excluding carboxylic acids is 1. The maximum atomic E-state index is 13.0. The van der Waals surface area contributed by atoms with Crippen molar-refractivity contribution in [2.45, 2.75) is 13.8 Å². The highest BCUT2D eigenvalue weighted by molar-refractivity contribution is 6.05. The Morgan fingerprint density at radius 3 is 2.67 bits per heavy atom. The molecule has 0 fully saturated rings. The van der Waals surface area contributed by atoms with E-state index in [0.717, 1.165) is 5.69 Å². The number of anilines is 1. The highest BCUT2D eigenvalue weighted by Crippen LogP contribution is 2.13. The normalized spacial score (nSPS) is 10.2. The van der Waals surface area contributed by atoms with E-state index in [2.05, 4.69) is 10.3 Å². The summed E-state index contributed by atoms with van der Waals surface area (Å²) in [7, 11) is 0. The van der Waals surface area contributed by atoms with E-state index in [1.54, 1.807) is 25.3 Å². The Morgan fingerprint density at radius 2 is 2.00 bits per heavy atom. The van der Waals surface area contributed by atoms with E-state index >= 15 is 0 Å². The highest BCUT2D eigenvalue weighted by atomic mass is 19.1. The van der Waals surface area contributed by atoms with Gasteiger partial charge in [-0.2, -0.15) is 0 Å². The summed E-state index contributed by atoms with van der Waals surface area (Å²) in [5, 5.41) is 2.76. The number of nitrogens with one attached hydrogen (secondary N) is 1. The molecular weight excluding hydrogens is 231 g/mol. The van der Waals surface area contributed by atoms with Crippen molar-refractivity contribution >= 4 is 11.6 Å². The zero-order chi connectivity index (χ0) is 13.1. The van der Waals surface area contributed by atoms with Crippen LogP contribution in [0.1, 0.15) is 21.6 Å². The average Bonchev–Trinajstić information content (AvgIpc) is 2.28. The zero-order valence-corrected chi connectivity index (χ0v) is 10.2. The molecule has 1 amide bonds. The van der Waals surface area contributed by atoms with E-state index in [4.69, 9.17) is 0 Å². The molecule has 92 valence electrons. The smallest absolute Gasteiger partial charge is 0.255 e. The van der Waals surface area contributed by atoms with Crippen molar-refractivity contribution in [2.24, 2.45) is 0 Å². The second kappa shape index (κ2) is 4.96. The van der Waals surface area contributed by atoms with Crippen LogP contribution in [0.4, 0.5) is 10.1 Å². The third-order valence-corrected chi connectivity index (χ3v) is 2.59. The lowest BCUT2D eigenvalue weighted by atomic mass is 10.1. The third kappa shape index (κ3) is 2.71. The molecule has 0 aliphatic heterocycles. The second-order valence-corrected chi connectivity index (χ2v) is 4.10. The predicted octanol–water partition coefficient (Wildman–Crippen LogP) is 3.09. The molecule has 0 aliphatic rings. The van der Waals surface area contributed by atoms with Crippen molar-refractivity contribution in [1.29, 1.82) is 0 Å². The van der Waals surface area contributed by atoms with Crippen LogP contribution in [0.2, 0.25) is 0 Å².